The Morgan fingerprint density at radius 3 is 2.53 bits per heavy atom. The molecule has 0 unspecified atom stereocenters. The Morgan fingerprint density at radius 1 is 1.30 bits per heavy atom. The first-order valence-corrected chi connectivity index (χ1v) is 9.91. The van der Waals surface area contributed by atoms with Crippen molar-refractivity contribution < 1.29 is 24.2 Å². The second-order valence-electron chi connectivity index (χ2n) is 7.39. The van der Waals surface area contributed by atoms with E-state index in [0.29, 0.717) is 38.7 Å². The number of carboxylic acid groups (broad SMARTS) is 1. The Morgan fingerprint density at radius 2 is 1.93 bits per heavy atom. The maximum Gasteiger partial charge on any atom is 0.300 e. The van der Waals surface area contributed by atoms with Crippen LogP contribution in [0.15, 0.2) is 6.33 Å². The lowest BCUT2D eigenvalue weighted by Crippen LogP contribution is -2.42. The van der Waals surface area contributed by atoms with Crippen LogP contribution in [-0.2, 0) is 32.2 Å². The van der Waals surface area contributed by atoms with Gasteiger partial charge in [0.15, 0.2) is 5.82 Å². The highest BCUT2D eigenvalue weighted by Crippen LogP contribution is 2.24. The summed E-state index contributed by atoms with van der Waals surface area (Å²) >= 11 is 0. The molecule has 11 heteroatoms. The van der Waals surface area contributed by atoms with Crippen molar-refractivity contribution in [3.8, 4) is 0 Å². The van der Waals surface area contributed by atoms with Gasteiger partial charge in [0.25, 0.3) is 5.97 Å². The van der Waals surface area contributed by atoms with E-state index in [1.165, 1.54) is 6.92 Å². The van der Waals surface area contributed by atoms with Crippen LogP contribution in [0.25, 0.3) is 0 Å². The van der Waals surface area contributed by atoms with E-state index in [4.69, 9.17) is 14.6 Å². The van der Waals surface area contributed by atoms with E-state index in [1.54, 1.807) is 25.4 Å². The number of hydrogen-bond acceptors (Lipinski definition) is 7. The summed E-state index contributed by atoms with van der Waals surface area (Å²) in [5.74, 6) is -0.0141. The van der Waals surface area contributed by atoms with Gasteiger partial charge in [0.05, 0.1) is 13.2 Å². The standard InChI is InChI=1S/C17H30N6O3.C2H4O2/c1-13(24)18-10-15-6-5-14(22(15)3)9-17(25)21(2)11-16-20-19-12-23(16)7-8-26-4;1-2(3)4/h12,14-15H,5-11H2,1-4H3,(H,18,24);1H3,(H,3,4)/t14-,15+;/m0./s1. The zero-order valence-electron chi connectivity index (χ0n) is 18.5. The SMILES string of the molecule is CC(=O)O.COCCn1cnnc1CN(C)C(=O)C[C@@H]1CC[C@H](CNC(C)=O)N1C. The molecule has 1 aliphatic heterocycles. The minimum atomic E-state index is -0.833. The Bertz CT molecular complexity index is 691. The number of carboxylic acids is 1. The number of carbonyl (C=O) groups excluding carboxylic acids is 2. The molecule has 0 aromatic carbocycles. The van der Waals surface area contributed by atoms with Crippen molar-refractivity contribution in [3.05, 3.63) is 12.2 Å². The maximum absolute atomic E-state index is 12.6. The van der Waals surface area contributed by atoms with Gasteiger partial charge in [0.1, 0.15) is 6.33 Å². The van der Waals surface area contributed by atoms with Crippen molar-refractivity contribution in [1.82, 2.24) is 29.9 Å². The highest BCUT2D eigenvalue weighted by molar-refractivity contribution is 5.76. The van der Waals surface area contributed by atoms with Crippen LogP contribution in [0, 0.1) is 0 Å². The number of likely N-dealkylation sites (N-methyl/N-ethyl adjacent to an activating group) is 1. The average molecular weight is 427 g/mol. The van der Waals surface area contributed by atoms with Crippen molar-refractivity contribution in [2.24, 2.45) is 0 Å². The van der Waals surface area contributed by atoms with Gasteiger partial charge in [-0.2, -0.15) is 0 Å². The Labute approximate surface area is 177 Å². The largest absolute Gasteiger partial charge is 0.481 e. The van der Waals surface area contributed by atoms with E-state index in [9.17, 15) is 9.59 Å². The molecule has 0 spiro atoms. The Hall–Kier alpha value is -2.53. The Kier molecular flexibility index (Phi) is 11.0. The fraction of sp³-hybridized carbons (Fsp3) is 0.737. The van der Waals surface area contributed by atoms with Crippen LogP contribution in [-0.4, -0.2) is 93.9 Å². The Balaban J connectivity index is 0.00000103. The molecular weight excluding hydrogens is 392 g/mol. The number of nitrogens with one attached hydrogen (secondary N) is 1. The first-order valence-electron chi connectivity index (χ1n) is 9.91. The summed E-state index contributed by atoms with van der Waals surface area (Å²) in [6.45, 7) is 4.90. The molecule has 1 saturated heterocycles. The van der Waals surface area contributed by atoms with Gasteiger partial charge >= 0.3 is 0 Å². The lowest BCUT2D eigenvalue weighted by Gasteiger charge is -2.27. The summed E-state index contributed by atoms with van der Waals surface area (Å²) < 4.78 is 6.98. The maximum atomic E-state index is 12.6. The molecule has 2 N–H and O–H groups in total. The molecule has 2 atom stereocenters. The van der Waals surface area contributed by atoms with E-state index in [0.717, 1.165) is 25.6 Å². The molecule has 0 bridgehead atoms. The van der Waals surface area contributed by atoms with Crippen molar-refractivity contribution in [1.29, 1.82) is 0 Å². The fourth-order valence-corrected chi connectivity index (χ4v) is 3.28. The van der Waals surface area contributed by atoms with E-state index >= 15 is 0 Å². The topological polar surface area (TPSA) is 130 Å². The number of carbonyl (C=O) groups is 3. The number of amides is 2. The van der Waals surface area contributed by atoms with Crippen LogP contribution in [0.1, 0.15) is 38.9 Å². The summed E-state index contributed by atoms with van der Waals surface area (Å²) in [5, 5.41) is 18.3. The van der Waals surface area contributed by atoms with Crippen LogP contribution in [0.3, 0.4) is 0 Å². The molecule has 2 heterocycles. The first-order chi connectivity index (χ1) is 14.1. The monoisotopic (exact) mass is 426 g/mol. The number of aromatic nitrogens is 3. The summed E-state index contributed by atoms with van der Waals surface area (Å²) in [6.07, 6.45) is 4.08. The zero-order chi connectivity index (χ0) is 22.7. The number of ether oxygens (including phenoxy) is 1. The molecule has 30 heavy (non-hydrogen) atoms. The minimum Gasteiger partial charge on any atom is -0.481 e. The number of nitrogens with zero attached hydrogens (tertiary/aromatic N) is 5. The quantitative estimate of drug-likeness (QED) is 0.563. The van der Waals surface area contributed by atoms with Crippen molar-refractivity contribution >= 4 is 17.8 Å². The molecule has 2 rings (SSSR count). The molecule has 170 valence electrons. The van der Waals surface area contributed by atoms with E-state index in [2.05, 4.69) is 20.4 Å². The van der Waals surface area contributed by atoms with Crippen molar-refractivity contribution in [2.75, 3.05) is 34.4 Å². The lowest BCUT2D eigenvalue weighted by molar-refractivity contribution is -0.134. The summed E-state index contributed by atoms with van der Waals surface area (Å²) in [7, 11) is 5.47. The normalized spacial score (nSPS) is 18.4. The molecule has 1 aliphatic rings. The van der Waals surface area contributed by atoms with Gasteiger partial charge in [-0.25, -0.2) is 0 Å². The van der Waals surface area contributed by atoms with Gasteiger partial charge in [0, 0.05) is 59.6 Å². The van der Waals surface area contributed by atoms with Crippen LogP contribution in [0.2, 0.25) is 0 Å². The number of likely N-dealkylation sites (tertiary alicyclic amines) is 1. The summed E-state index contributed by atoms with van der Waals surface area (Å²) in [6, 6.07) is 0.495. The lowest BCUT2D eigenvalue weighted by atomic mass is 10.1. The minimum absolute atomic E-state index is 0.0183. The number of rotatable bonds is 9. The average Bonchev–Trinajstić information content (AvgIpc) is 3.24. The van der Waals surface area contributed by atoms with Crippen molar-refractivity contribution in [3.63, 3.8) is 0 Å². The first kappa shape index (κ1) is 25.5. The van der Waals surface area contributed by atoms with E-state index < -0.39 is 5.97 Å². The molecule has 0 saturated carbocycles. The van der Waals surface area contributed by atoms with Crippen LogP contribution in [0.5, 0.6) is 0 Å². The van der Waals surface area contributed by atoms with Crippen LogP contribution >= 0.6 is 0 Å². The fourth-order valence-electron chi connectivity index (χ4n) is 3.28. The third-order valence-electron chi connectivity index (χ3n) is 5.02. The third kappa shape index (κ3) is 8.87. The highest BCUT2D eigenvalue weighted by Gasteiger charge is 2.32. The van der Waals surface area contributed by atoms with Gasteiger partial charge in [-0.15, -0.1) is 10.2 Å². The van der Waals surface area contributed by atoms with Crippen LogP contribution in [0.4, 0.5) is 0 Å². The summed E-state index contributed by atoms with van der Waals surface area (Å²) in [5.41, 5.74) is 0. The highest BCUT2D eigenvalue weighted by atomic mass is 16.5. The molecule has 1 aromatic rings. The molecule has 1 fully saturated rings. The molecule has 0 radical (unpaired) electrons. The molecular formula is C19H34N6O5. The predicted octanol–water partition coefficient (Wildman–Crippen LogP) is -0.0372. The molecule has 11 nitrogen and oxygen atoms in total. The van der Waals surface area contributed by atoms with Crippen LogP contribution < -0.4 is 5.32 Å². The van der Waals surface area contributed by atoms with Gasteiger partial charge in [0.2, 0.25) is 11.8 Å². The third-order valence-corrected chi connectivity index (χ3v) is 5.02. The van der Waals surface area contributed by atoms with Gasteiger partial charge in [-0.1, -0.05) is 0 Å². The smallest absolute Gasteiger partial charge is 0.300 e. The number of aliphatic carboxylic acids is 1. The van der Waals surface area contributed by atoms with E-state index in [-0.39, 0.29) is 17.9 Å². The van der Waals surface area contributed by atoms with Gasteiger partial charge in [-0.3, -0.25) is 19.3 Å². The van der Waals surface area contributed by atoms with Gasteiger partial charge in [-0.05, 0) is 19.9 Å². The number of methoxy groups -OCH3 is 1. The summed E-state index contributed by atoms with van der Waals surface area (Å²) in [4.78, 5) is 36.6. The second-order valence-corrected chi connectivity index (χ2v) is 7.39. The predicted molar refractivity (Wildman–Crippen MR) is 110 cm³/mol. The molecule has 2 amide bonds. The zero-order valence-corrected chi connectivity index (χ0v) is 18.5. The number of hydrogen-bond donors (Lipinski definition) is 2. The molecule has 1 aromatic heterocycles. The second kappa shape index (κ2) is 12.9. The molecule has 0 aliphatic carbocycles. The van der Waals surface area contributed by atoms with Crippen molar-refractivity contribution in [2.45, 2.75) is 58.3 Å². The van der Waals surface area contributed by atoms with E-state index in [1.807, 2.05) is 11.6 Å². The van der Waals surface area contributed by atoms with Gasteiger partial charge < -0.3 is 24.6 Å².